The van der Waals surface area contributed by atoms with E-state index in [0.29, 0.717) is 0 Å². The normalized spacial score (nSPS) is 14.1. The molecule has 0 heterocycles. The van der Waals surface area contributed by atoms with Crippen molar-refractivity contribution in [3.05, 3.63) is 157 Å². The second-order valence-corrected chi connectivity index (χ2v) is 30.2. The summed E-state index contributed by atoms with van der Waals surface area (Å²) in [4.78, 5) is 0. The number of halogens is 4. The van der Waals surface area contributed by atoms with Gasteiger partial charge in [0.15, 0.2) is 0 Å². The molecule has 0 fully saturated rings. The SMILES string of the molecule is Cl.Cl.[CH2]=[Zr]([C]1=CC=CC1)([c]1cc(C(C)(C)C)cc2c1Cc1ccc(C(C)(C)C)cc1-2)([c]1ccc(Cl)c2ccccc12)[c]1ccc(Cl)c2ccccc12. The minimum atomic E-state index is -5.29. The molecule has 52 heavy (non-hydrogen) atoms. The molecule has 6 aromatic rings. The molecular weight excluding hydrogens is 798 g/mol. The Balaban J connectivity index is 0.00000232. The van der Waals surface area contributed by atoms with Gasteiger partial charge in [0, 0.05) is 0 Å². The Labute approximate surface area is 332 Å². The third kappa shape index (κ3) is 5.69. The summed E-state index contributed by atoms with van der Waals surface area (Å²) in [7, 11) is 0. The van der Waals surface area contributed by atoms with E-state index in [1.54, 1.807) is 0 Å². The molecule has 8 rings (SSSR count). The second-order valence-electron chi connectivity index (χ2n) is 16.7. The molecule has 0 N–H and O–H groups in total. The van der Waals surface area contributed by atoms with E-state index in [1.807, 2.05) is 0 Å². The van der Waals surface area contributed by atoms with Crippen LogP contribution in [0.25, 0.3) is 32.7 Å². The van der Waals surface area contributed by atoms with Gasteiger partial charge in [-0.1, -0.05) is 0 Å². The van der Waals surface area contributed by atoms with Crippen molar-refractivity contribution in [3.8, 4) is 11.1 Å². The van der Waals surface area contributed by atoms with E-state index in [4.69, 9.17) is 27.4 Å². The van der Waals surface area contributed by atoms with Crippen molar-refractivity contribution in [3.63, 3.8) is 0 Å². The Kier molecular flexibility index (Phi) is 10.1. The summed E-state index contributed by atoms with van der Waals surface area (Å²) in [6, 6.07) is 38.6. The van der Waals surface area contributed by atoms with Crippen LogP contribution < -0.4 is 9.81 Å². The zero-order chi connectivity index (χ0) is 35.2. The summed E-state index contributed by atoms with van der Waals surface area (Å²) < 4.78 is 11.4. The van der Waals surface area contributed by atoms with Crippen molar-refractivity contribution in [1.82, 2.24) is 0 Å². The quantitative estimate of drug-likeness (QED) is 0.166. The molecule has 2 aliphatic rings. The van der Waals surface area contributed by atoms with Crippen LogP contribution in [0.4, 0.5) is 0 Å². The van der Waals surface area contributed by atoms with E-state index < -0.39 is 18.3 Å². The summed E-state index contributed by atoms with van der Waals surface area (Å²) in [5.41, 5.74) is 8.20. The van der Waals surface area contributed by atoms with Crippen LogP contribution in [-0.2, 0) is 35.5 Å². The fourth-order valence-electron chi connectivity index (χ4n) is 8.96. The molecule has 6 aromatic carbocycles. The van der Waals surface area contributed by atoms with Crippen molar-refractivity contribution in [2.24, 2.45) is 0 Å². The average Bonchev–Trinajstić information content (AvgIpc) is 3.77. The number of hydrogen-bond donors (Lipinski definition) is 0. The van der Waals surface area contributed by atoms with Gasteiger partial charge in [0.2, 0.25) is 0 Å². The minimum absolute atomic E-state index is 0. The standard InChI is InChI=1S/C21H25.2C10H6Cl.C5H5.CH2.2ClH.Zr/c1-20(2,3)16-9-7-14-11-15-8-10-17(21(4,5)6)13-19(15)18(14)12-16;2*11-10-7-3-5-8-4-1-2-6-9(8)10;1-2-4-5-3-1;;;;/h7,9-10,12-13H,11H2,1-6H3;2*1-4,6-7H;1-3H,4H2;1H2;2*1H;. The average molecular weight is 844 g/mol. The molecule has 0 bridgehead atoms. The van der Waals surface area contributed by atoms with Gasteiger partial charge in [-0.05, 0) is 0 Å². The molecule has 0 radical (unpaired) electrons. The van der Waals surface area contributed by atoms with E-state index in [1.165, 1.54) is 57.2 Å². The van der Waals surface area contributed by atoms with Gasteiger partial charge < -0.3 is 0 Å². The zero-order valence-corrected chi connectivity index (χ0v) is 36.3. The summed E-state index contributed by atoms with van der Waals surface area (Å²) in [6.45, 7) is 14.0. The third-order valence-corrected chi connectivity index (χ3v) is 28.8. The van der Waals surface area contributed by atoms with Crippen LogP contribution in [0, 0.1) is 0 Å². The molecule has 0 unspecified atom stereocenters. The van der Waals surface area contributed by atoms with Crippen LogP contribution in [0.1, 0.15) is 70.2 Å². The monoisotopic (exact) mass is 840 g/mol. The van der Waals surface area contributed by atoms with E-state index in [0.717, 1.165) is 33.7 Å². The van der Waals surface area contributed by atoms with Crippen molar-refractivity contribution >= 4 is 83.6 Å². The van der Waals surface area contributed by atoms with Crippen LogP contribution in [-0.4, -0.2) is 4.21 Å². The molecule has 2 aliphatic carbocycles. The second kappa shape index (κ2) is 13.5. The summed E-state index contributed by atoms with van der Waals surface area (Å²) in [6.07, 6.45) is 8.72. The summed E-state index contributed by atoms with van der Waals surface area (Å²) in [5, 5.41) is 6.05. The Morgan fingerprint density at radius 1 is 0.577 bits per heavy atom. The molecule has 0 atom stereocenters. The van der Waals surface area contributed by atoms with Crippen LogP contribution in [0.15, 0.2) is 125 Å². The molecule has 5 heteroatoms. The Bertz CT molecular complexity index is 2450. The Hall–Kier alpha value is -2.77. The van der Waals surface area contributed by atoms with Gasteiger partial charge in [0.25, 0.3) is 0 Å². The van der Waals surface area contributed by atoms with Gasteiger partial charge in [0.1, 0.15) is 0 Å². The van der Waals surface area contributed by atoms with Crippen LogP contribution in [0.3, 0.4) is 0 Å². The summed E-state index contributed by atoms with van der Waals surface area (Å²) in [5.74, 6) is 0. The number of fused-ring (bicyclic) bond motifs is 5. The molecular formula is C47H46Cl4Zr. The third-order valence-electron chi connectivity index (χ3n) is 11.8. The van der Waals surface area contributed by atoms with E-state index in [2.05, 4.69) is 163 Å². The predicted molar refractivity (Wildman–Crippen MR) is 232 cm³/mol. The fraction of sp³-hybridized carbons (Fsp3) is 0.213. The molecule has 0 spiro atoms. The number of allylic oxidation sites excluding steroid dienone is 4. The first-order valence-electron chi connectivity index (χ1n) is 17.8. The Morgan fingerprint density at radius 2 is 1.10 bits per heavy atom. The zero-order valence-electron chi connectivity index (χ0n) is 30.7. The molecule has 0 nitrogen and oxygen atoms in total. The van der Waals surface area contributed by atoms with E-state index in [9.17, 15) is 0 Å². The predicted octanol–water partition coefficient (Wildman–Crippen LogP) is 12.6. The van der Waals surface area contributed by atoms with Crippen molar-refractivity contribution in [2.75, 3.05) is 0 Å². The van der Waals surface area contributed by atoms with Crippen molar-refractivity contribution < 1.29 is 18.3 Å². The van der Waals surface area contributed by atoms with Crippen LogP contribution >= 0.6 is 48.0 Å². The summed E-state index contributed by atoms with van der Waals surface area (Å²) >= 11 is 8.79. The van der Waals surface area contributed by atoms with Crippen molar-refractivity contribution in [2.45, 2.75) is 65.2 Å². The van der Waals surface area contributed by atoms with Crippen LogP contribution in [0.5, 0.6) is 0 Å². The van der Waals surface area contributed by atoms with Gasteiger partial charge in [-0.2, -0.15) is 0 Å². The first kappa shape index (κ1) is 38.9. The topological polar surface area (TPSA) is 0 Å². The Morgan fingerprint density at radius 3 is 1.60 bits per heavy atom. The van der Waals surface area contributed by atoms with Gasteiger partial charge in [-0.3, -0.25) is 0 Å². The maximum atomic E-state index is 7.04. The fourth-order valence-corrected chi connectivity index (χ4v) is 26.2. The first-order valence-corrected chi connectivity index (χ1v) is 25.2. The molecule has 266 valence electrons. The van der Waals surface area contributed by atoms with Gasteiger partial charge in [-0.15, -0.1) is 24.8 Å². The van der Waals surface area contributed by atoms with Gasteiger partial charge in [0.05, 0.1) is 0 Å². The molecule has 0 amide bonds. The number of benzene rings is 6. The number of hydrogen-bond acceptors (Lipinski definition) is 0. The molecule has 0 aliphatic heterocycles. The first-order chi connectivity index (χ1) is 23.7. The molecule has 0 saturated carbocycles. The number of rotatable bonds is 4. The van der Waals surface area contributed by atoms with Crippen molar-refractivity contribution in [1.29, 1.82) is 0 Å². The van der Waals surface area contributed by atoms with E-state index >= 15 is 0 Å². The molecule has 0 aromatic heterocycles. The van der Waals surface area contributed by atoms with Gasteiger partial charge >= 0.3 is 310 Å². The maximum absolute atomic E-state index is 7.04. The van der Waals surface area contributed by atoms with Gasteiger partial charge in [-0.25, -0.2) is 0 Å². The van der Waals surface area contributed by atoms with Crippen LogP contribution in [0.2, 0.25) is 10.0 Å². The molecule has 0 saturated heterocycles. The van der Waals surface area contributed by atoms with E-state index in [-0.39, 0.29) is 35.6 Å².